The van der Waals surface area contributed by atoms with E-state index in [0.717, 1.165) is 37.7 Å². The first-order chi connectivity index (χ1) is 61.6. The number of hydrogen-bond donors (Lipinski definition) is 1. The molecule has 0 aromatic heterocycles. The van der Waals surface area contributed by atoms with E-state index < -0.39 is 23.8 Å². The van der Waals surface area contributed by atoms with Crippen LogP contribution in [0.4, 0.5) is 0 Å². The van der Waals surface area contributed by atoms with Crippen LogP contribution in [0.2, 0.25) is 0 Å². The SMILES string of the molecule is C=C1CCC(=O)N1OC(=O)CC.CC.CC.CC(=O)ON1C(=O)CCC1=O.CCO.CCc1ccc(C)cc1.CCc1ccc(C)cc1.CCc1ccc(C)cc1.CCc1ccccc1.CN1CCCCC1.CN1CCCCC1.CN1CCCCC1.CN1CCCCC1.CN1CCCCC1.CN1CCCCC1.CN1CCCCC1.CN1CCCCC1.CN1CCCCC1. The number of amides is 3. The van der Waals surface area contributed by atoms with Crippen LogP contribution in [0.5, 0.6) is 0 Å². The lowest BCUT2D eigenvalue weighted by atomic mass is 10.1. The third-order valence-corrected chi connectivity index (χ3v) is 22.9. The highest BCUT2D eigenvalue weighted by Gasteiger charge is 2.32. The van der Waals surface area contributed by atoms with Crippen LogP contribution in [0.3, 0.4) is 0 Å². The largest absolute Gasteiger partial charge is 0.397 e. The number of aryl methyl sites for hydroxylation is 7. The molecule has 0 bridgehead atoms. The van der Waals surface area contributed by atoms with Gasteiger partial charge in [-0.3, -0.25) is 14.4 Å². The molecule has 128 heavy (non-hydrogen) atoms. The van der Waals surface area contributed by atoms with E-state index in [0.29, 0.717) is 23.6 Å². The number of benzene rings is 4. The molecule has 0 saturated carbocycles. The molecular weight excluding hydrogens is 1590 g/mol. The highest BCUT2D eigenvalue weighted by molar-refractivity contribution is 6.01. The van der Waals surface area contributed by atoms with Crippen LogP contribution in [0.15, 0.2) is 115 Å². The fourth-order valence-corrected chi connectivity index (χ4v) is 14.4. The van der Waals surface area contributed by atoms with E-state index in [-0.39, 0.29) is 31.8 Å². The molecule has 0 unspecified atom stereocenters. The second kappa shape index (κ2) is 88.7. The van der Waals surface area contributed by atoms with Crippen LogP contribution in [-0.2, 0) is 59.3 Å². The minimum atomic E-state index is -0.659. The van der Waals surface area contributed by atoms with Crippen LogP contribution >= 0.6 is 0 Å². The molecule has 1 N–H and O–H groups in total. The number of carbonyl (C=O) groups is 5. The number of rotatable bonds is 7. The maximum absolute atomic E-state index is 11.0. The Bertz CT molecular complexity index is 2760. The minimum absolute atomic E-state index is 0.131. The van der Waals surface area contributed by atoms with Gasteiger partial charge in [-0.2, -0.15) is 0 Å². The normalized spacial score (nSPS) is 18.3. The van der Waals surface area contributed by atoms with E-state index >= 15 is 0 Å². The summed E-state index contributed by atoms with van der Waals surface area (Å²) in [6, 6.07) is 36.4. The van der Waals surface area contributed by atoms with Gasteiger partial charge in [-0.05, 0) is 379 Å². The van der Waals surface area contributed by atoms with Crippen LogP contribution in [0.25, 0.3) is 0 Å². The summed E-state index contributed by atoms with van der Waals surface area (Å²) in [6.07, 6.45) is 44.5. The molecule has 0 radical (unpaired) electrons. The number of hydrogen-bond acceptors (Lipinski definition) is 17. The van der Waals surface area contributed by atoms with Crippen molar-refractivity contribution >= 4 is 29.7 Å². The first-order valence-electron chi connectivity index (χ1n) is 50.9. The standard InChI is InChI=1S/3C9H12.C8H11NO3.C8H10.C6H7NO4.9C6H13N.C2H6O.2C2H6/c3*1-3-9-6-4-8(2)5-7-9;1-3-8(11)12-9-6(2)4-5-7(9)10;1-2-8-6-4-3-5-7-8;1-4(8)11-7-5(9)2-3-6(7)10;9*1-7-5-3-2-4-6-7;1-2-3;2*1-2/h3*4-7H,3H2,1-2H3;2-5H2,1H3;3-7H,2H2,1H3;2-3H2,1H3;9*2-6H2,1H3;3H,2H2,1H3;2*1-2H3. The van der Waals surface area contributed by atoms with Gasteiger partial charge in [-0.1, -0.05) is 246 Å². The van der Waals surface area contributed by atoms with Gasteiger partial charge in [0.15, 0.2) is 0 Å². The summed E-state index contributed by atoms with van der Waals surface area (Å²) in [5.41, 5.74) is 10.2. The number of likely N-dealkylation sites (tertiary alicyclic amines) is 9. The molecule has 0 aliphatic carbocycles. The van der Waals surface area contributed by atoms with E-state index in [9.17, 15) is 24.0 Å². The van der Waals surface area contributed by atoms with Gasteiger partial charge in [0.25, 0.3) is 17.7 Å². The van der Waals surface area contributed by atoms with E-state index in [4.69, 9.17) is 9.94 Å². The Kier molecular flexibility index (Phi) is 87.2. The zero-order valence-corrected chi connectivity index (χ0v) is 87.1. The number of piperidine rings is 9. The Balaban J connectivity index is -0.00000130. The molecular formula is C109H199N11O8. The maximum atomic E-state index is 11.0. The number of nitrogens with zero attached hydrogens (tertiary/aromatic N) is 11. The third kappa shape index (κ3) is 77.4. The summed E-state index contributed by atoms with van der Waals surface area (Å²) in [7, 11) is 19.7. The molecule has 4 aromatic rings. The Labute approximate surface area is 788 Å². The summed E-state index contributed by atoms with van der Waals surface area (Å²) in [4.78, 5) is 84.2. The average Bonchev–Trinajstić information content (AvgIpc) is 1.74. The quantitative estimate of drug-likeness (QED) is 0.174. The van der Waals surface area contributed by atoms with Crippen molar-refractivity contribution in [3.8, 4) is 0 Å². The molecule has 11 aliphatic rings. The second-order valence-electron chi connectivity index (χ2n) is 35.2. The van der Waals surface area contributed by atoms with Crippen molar-refractivity contribution in [1.29, 1.82) is 0 Å². The summed E-state index contributed by atoms with van der Waals surface area (Å²) < 4.78 is 0. The van der Waals surface area contributed by atoms with Gasteiger partial charge < -0.3 is 58.9 Å². The Morgan fingerprint density at radius 2 is 0.469 bits per heavy atom. The van der Waals surface area contributed by atoms with Crippen molar-refractivity contribution in [2.75, 3.05) is 188 Å². The molecule has 738 valence electrons. The number of aliphatic hydroxyl groups is 1. The Hall–Kier alpha value is -6.23. The second-order valence-corrected chi connectivity index (χ2v) is 35.2. The first kappa shape index (κ1) is 126. The molecule has 0 spiro atoms. The smallest absolute Gasteiger partial charge is 0.332 e. The number of allylic oxidation sites excluding steroid dienone is 1. The number of carbonyl (C=O) groups excluding carboxylic acids is 5. The van der Waals surface area contributed by atoms with Crippen molar-refractivity contribution in [3.63, 3.8) is 0 Å². The molecule has 3 amide bonds. The van der Waals surface area contributed by atoms with Gasteiger partial charge in [0.05, 0.1) is 5.70 Å². The zero-order chi connectivity index (χ0) is 96.2. The number of imide groups is 1. The number of hydroxylamine groups is 4. The lowest BCUT2D eigenvalue weighted by Gasteiger charge is -2.20. The third-order valence-electron chi connectivity index (χ3n) is 22.9. The molecule has 11 fully saturated rings. The van der Waals surface area contributed by atoms with Gasteiger partial charge in [0, 0.05) is 39.2 Å². The summed E-state index contributed by atoms with van der Waals surface area (Å²) in [6.45, 7) is 55.1. The minimum Gasteiger partial charge on any atom is -0.397 e. The van der Waals surface area contributed by atoms with Crippen molar-refractivity contribution in [2.45, 2.75) is 328 Å². The lowest BCUT2D eigenvalue weighted by molar-refractivity contribution is -0.195. The molecule has 4 aromatic carbocycles. The Morgan fingerprint density at radius 1 is 0.289 bits per heavy atom. The van der Waals surface area contributed by atoms with Gasteiger partial charge in [-0.25, -0.2) is 9.59 Å². The molecule has 11 aliphatic heterocycles. The molecule has 15 rings (SSSR count). The highest BCUT2D eigenvalue weighted by Crippen LogP contribution is 2.21. The highest BCUT2D eigenvalue weighted by atomic mass is 16.7. The number of aliphatic hydroxyl groups excluding tert-OH is 1. The molecule has 0 atom stereocenters. The fraction of sp³-hybridized carbons (Fsp3) is 0.716. The molecule has 11 saturated heterocycles. The van der Waals surface area contributed by atoms with E-state index in [1.54, 1.807) is 13.8 Å². The van der Waals surface area contributed by atoms with E-state index in [1.165, 1.54) is 330 Å². The molecule has 11 heterocycles. The van der Waals surface area contributed by atoms with E-state index in [1.807, 2.05) is 33.8 Å². The maximum Gasteiger partial charge on any atom is 0.332 e. The van der Waals surface area contributed by atoms with Crippen LogP contribution in [0, 0.1) is 20.8 Å². The van der Waals surface area contributed by atoms with Crippen LogP contribution in [-0.4, -0.2) is 277 Å². The van der Waals surface area contributed by atoms with Gasteiger partial charge in [0.1, 0.15) is 0 Å². The first-order valence-corrected chi connectivity index (χ1v) is 50.9. The van der Waals surface area contributed by atoms with Gasteiger partial charge >= 0.3 is 11.9 Å². The van der Waals surface area contributed by atoms with Crippen molar-refractivity contribution in [1.82, 2.24) is 54.2 Å². The van der Waals surface area contributed by atoms with Crippen LogP contribution in [0.1, 0.15) is 321 Å². The van der Waals surface area contributed by atoms with Crippen molar-refractivity contribution in [3.05, 3.63) is 154 Å². The Morgan fingerprint density at radius 3 is 0.609 bits per heavy atom. The zero-order valence-electron chi connectivity index (χ0n) is 87.1. The fourth-order valence-electron chi connectivity index (χ4n) is 14.4. The average molecular weight is 1790 g/mol. The predicted octanol–water partition coefficient (Wildman–Crippen LogP) is 22.5. The van der Waals surface area contributed by atoms with Gasteiger partial charge in [-0.15, -0.1) is 10.1 Å². The lowest BCUT2D eigenvalue weighted by Crippen LogP contribution is -2.30. The molecule has 19 heteroatoms. The van der Waals surface area contributed by atoms with Gasteiger partial charge in [0.2, 0.25) is 0 Å². The summed E-state index contributed by atoms with van der Waals surface area (Å²) in [5.74, 6) is -2.17. The van der Waals surface area contributed by atoms with Crippen molar-refractivity contribution in [2.24, 2.45) is 0 Å². The summed E-state index contributed by atoms with van der Waals surface area (Å²) >= 11 is 0. The predicted molar refractivity (Wildman–Crippen MR) is 550 cm³/mol. The van der Waals surface area contributed by atoms with Crippen LogP contribution < -0.4 is 0 Å². The molecule has 19 nitrogen and oxygen atoms in total. The topological polar surface area (TPSA) is 160 Å². The monoisotopic (exact) mass is 1790 g/mol. The summed E-state index contributed by atoms with van der Waals surface area (Å²) in [5, 5.41) is 9.08. The van der Waals surface area contributed by atoms with E-state index in [2.05, 4.69) is 264 Å². The van der Waals surface area contributed by atoms with Crippen molar-refractivity contribution < 1.29 is 38.8 Å².